The number of methoxy groups -OCH3 is 1. The van der Waals surface area contributed by atoms with Gasteiger partial charge in [0.2, 0.25) is 0 Å². The highest BCUT2D eigenvalue weighted by Gasteiger charge is 2.17. The zero-order chi connectivity index (χ0) is 21.9. The molecule has 1 aromatic carbocycles. The van der Waals surface area contributed by atoms with Crippen molar-refractivity contribution in [1.29, 1.82) is 0 Å². The number of hydrogen-bond acceptors (Lipinski definition) is 7. The van der Waals surface area contributed by atoms with Crippen LogP contribution in [0.5, 0.6) is 5.75 Å². The van der Waals surface area contributed by atoms with Crippen LogP contribution in [-0.2, 0) is 14.3 Å². The van der Waals surface area contributed by atoms with E-state index in [1.165, 1.54) is 18.0 Å². The van der Waals surface area contributed by atoms with Crippen molar-refractivity contribution >= 4 is 34.7 Å². The van der Waals surface area contributed by atoms with Crippen LogP contribution < -0.4 is 15.4 Å². The second-order valence-corrected chi connectivity index (χ2v) is 7.51. The van der Waals surface area contributed by atoms with Crippen molar-refractivity contribution in [1.82, 2.24) is 5.32 Å². The quantitative estimate of drug-likeness (QED) is 0.298. The Hall–Kier alpha value is -2.68. The van der Waals surface area contributed by atoms with Crippen LogP contribution >= 0.6 is 11.8 Å². The fourth-order valence-electron chi connectivity index (χ4n) is 1.96. The van der Waals surface area contributed by atoms with Crippen molar-refractivity contribution in [3.05, 3.63) is 36.0 Å². The second kappa shape index (κ2) is 12.0. The molecule has 0 fully saturated rings. The van der Waals surface area contributed by atoms with Crippen molar-refractivity contribution in [2.24, 2.45) is 4.99 Å². The molecule has 0 saturated heterocycles. The van der Waals surface area contributed by atoms with Gasteiger partial charge in [-0.3, -0.25) is 10.3 Å². The van der Waals surface area contributed by atoms with Gasteiger partial charge in [0.15, 0.2) is 5.17 Å². The van der Waals surface area contributed by atoms with Crippen molar-refractivity contribution < 1.29 is 23.8 Å². The highest BCUT2D eigenvalue weighted by molar-refractivity contribution is 8.13. The third-order valence-corrected chi connectivity index (χ3v) is 3.85. The summed E-state index contributed by atoms with van der Waals surface area (Å²) >= 11 is 1.39. The number of benzene rings is 1. The number of carbonyl (C=O) groups is 2. The van der Waals surface area contributed by atoms with Crippen LogP contribution in [-0.4, -0.2) is 49.3 Å². The number of hydrogen-bond donors (Lipinski definition) is 2. The Morgan fingerprint density at radius 1 is 1.21 bits per heavy atom. The minimum atomic E-state index is -0.662. The van der Waals surface area contributed by atoms with Crippen LogP contribution in [0.3, 0.4) is 0 Å². The van der Waals surface area contributed by atoms with Gasteiger partial charge in [-0.2, -0.15) is 0 Å². The van der Waals surface area contributed by atoms with Gasteiger partial charge in [-0.15, -0.1) is 0 Å². The van der Waals surface area contributed by atoms with E-state index < -0.39 is 17.7 Å². The third-order valence-electron chi connectivity index (χ3n) is 3.23. The third kappa shape index (κ3) is 9.89. The number of alkyl carbamates (subject to hydrolysis) is 1. The van der Waals surface area contributed by atoms with E-state index in [1.807, 2.05) is 30.5 Å². The first-order chi connectivity index (χ1) is 13.7. The molecular formula is C20H29N3O5S. The molecule has 0 spiro atoms. The minimum Gasteiger partial charge on any atom is -0.497 e. The lowest BCUT2D eigenvalue weighted by Gasteiger charge is -2.19. The first-order valence-corrected chi connectivity index (χ1v) is 10.3. The van der Waals surface area contributed by atoms with Gasteiger partial charge in [0.25, 0.3) is 0 Å². The number of rotatable bonds is 7. The SMILES string of the molecule is CCOC(=O)/C(=C/NC(=O)OC(C)(C)C)CN=C(Nc1ccc(OC)cc1)SC. The van der Waals surface area contributed by atoms with E-state index in [0.717, 1.165) is 11.4 Å². The molecule has 1 rings (SSSR count). The van der Waals surface area contributed by atoms with Gasteiger partial charge in [0.1, 0.15) is 11.4 Å². The van der Waals surface area contributed by atoms with E-state index in [2.05, 4.69) is 15.6 Å². The summed E-state index contributed by atoms with van der Waals surface area (Å²) in [4.78, 5) is 28.4. The fraction of sp³-hybridized carbons (Fsp3) is 0.450. The lowest BCUT2D eigenvalue weighted by molar-refractivity contribution is -0.138. The Bertz CT molecular complexity index is 739. The number of nitrogens with one attached hydrogen (secondary N) is 2. The first-order valence-electron chi connectivity index (χ1n) is 9.03. The summed E-state index contributed by atoms with van der Waals surface area (Å²) in [6.07, 6.45) is 2.47. The number of esters is 1. The van der Waals surface area contributed by atoms with Crippen LogP contribution in [0.15, 0.2) is 41.0 Å². The van der Waals surface area contributed by atoms with E-state index in [9.17, 15) is 9.59 Å². The molecule has 160 valence electrons. The van der Waals surface area contributed by atoms with Crippen molar-refractivity contribution in [3.8, 4) is 5.75 Å². The Balaban J connectivity index is 2.87. The van der Waals surface area contributed by atoms with Gasteiger partial charge >= 0.3 is 12.1 Å². The highest BCUT2D eigenvalue weighted by Crippen LogP contribution is 2.16. The van der Waals surface area contributed by atoms with Gasteiger partial charge in [-0.25, -0.2) is 9.59 Å². The summed E-state index contributed by atoms with van der Waals surface area (Å²) < 4.78 is 15.3. The van der Waals surface area contributed by atoms with E-state index in [0.29, 0.717) is 5.17 Å². The Morgan fingerprint density at radius 3 is 2.38 bits per heavy atom. The monoisotopic (exact) mass is 423 g/mol. The molecule has 9 heteroatoms. The topological polar surface area (TPSA) is 98.2 Å². The maximum atomic E-state index is 12.2. The van der Waals surface area contributed by atoms with Crippen LogP contribution in [0.25, 0.3) is 0 Å². The van der Waals surface area contributed by atoms with Crippen molar-refractivity contribution in [2.75, 3.05) is 31.8 Å². The Morgan fingerprint density at radius 2 is 1.86 bits per heavy atom. The number of amides is 1. The normalized spacial score (nSPS) is 12.2. The Kier molecular flexibility index (Phi) is 10.1. The number of amidine groups is 1. The predicted molar refractivity (Wildman–Crippen MR) is 117 cm³/mol. The smallest absolute Gasteiger partial charge is 0.411 e. The van der Waals surface area contributed by atoms with E-state index in [1.54, 1.807) is 34.8 Å². The lowest BCUT2D eigenvalue weighted by Crippen LogP contribution is -2.30. The van der Waals surface area contributed by atoms with Crippen LogP contribution in [0, 0.1) is 0 Å². The number of thioether (sulfide) groups is 1. The molecule has 0 aliphatic rings. The summed E-state index contributed by atoms with van der Waals surface area (Å²) in [5.74, 6) is 0.191. The number of aliphatic imine (C=N–C) groups is 1. The molecule has 0 unspecified atom stereocenters. The molecule has 0 bridgehead atoms. The molecule has 0 aliphatic heterocycles. The molecular weight excluding hydrogens is 394 g/mol. The zero-order valence-electron chi connectivity index (χ0n) is 17.7. The molecule has 0 aromatic heterocycles. The summed E-state index contributed by atoms with van der Waals surface area (Å²) in [6.45, 7) is 7.20. The number of anilines is 1. The summed E-state index contributed by atoms with van der Waals surface area (Å²) in [5, 5.41) is 6.22. The highest BCUT2D eigenvalue weighted by atomic mass is 32.2. The number of nitrogens with zero attached hydrogens (tertiary/aromatic N) is 1. The zero-order valence-corrected chi connectivity index (χ0v) is 18.5. The molecule has 0 atom stereocenters. The first kappa shape index (κ1) is 24.4. The maximum absolute atomic E-state index is 12.2. The lowest BCUT2D eigenvalue weighted by atomic mass is 10.2. The van der Waals surface area contributed by atoms with E-state index in [-0.39, 0.29) is 18.7 Å². The maximum Gasteiger partial charge on any atom is 0.411 e. The van der Waals surface area contributed by atoms with Gasteiger partial charge in [-0.05, 0) is 58.2 Å². The summed E-state index contributed by atoms with van der Waals surface area (Å²) in [6, 6.07) is 7.37. The van der Waals surface area contributed by atoms with Crippen molar-refractivity contribution in [2.45, 2.75) is 33.3 Å². The second-order valence-electron chi connectivity index (χ2n) is 6.72. The fourth-order valence-corrected chi connectivity index (χ4v) is 2.37. The molecule has 1 aromatic rings. The average Bonchev–Trinajstić information content (AvgIpc) is 2.66. The van der Waals surface area contributed by atoms with Crippen molar-refractivity contribution in [3.63, 3.8) is 0 Å². The summed E-state index contributed by atoms with van der Waals surface area (Å²) in [5.41, 5.74) is 0.377. The van der Waals surface area contributed by atoms with E-state index in [4.69, 9.17) is 14.2 Å². The molecule has 0 aliphatic carbocycles. The minimum absolute atomic E-state index is 0.0218. The molecule has 0 saturated carbocycles. The summed E-state index contributed by atoms with van der Waals surface area (Å²) in [7, 11) is 1.60. The molecule has 8 nitrogen and oxygen atoms in total. The van der Waals surface area contributed by atoms with Crippen LogP contribution in [0.4, 0.5) is 10.5 Å². The molecule has 0 radical (unpaired) electrons. The van der Waals surface area contributed by atoms with Crippen LogP contribution in [0.2, 0.25) is 0 Å². The number of ether oxygens (including phenoxy) is 3. The van der Waals surface area contributed by atoms with Gasteiger partial charge in [-0.1, -0.05) is 11.8 Å². The number of carbonyl (C=O) groups excluding carboxylic acids is 2. The average molecular weight is 424 g/mol. The molecule has 1 amide bonds. The molecule has 0 heterocycles. The Labute approximate surface area is 176 Å². The van der Waals surface area contributed by atoms with Gasteiger partial charge < -0.3 is 19.5 Å². The molecule has 29 heavy (non-hydrogen) atoms. The predicted octanol–water partition coefficient (Wildman–Crippen LogP) is 3.80. The van der Waals surface area contributed by atoms with Gasteiger partial charge in [0.05, 0.1) is 25.8 Å². The van der Waals surface area contributed by atoms with Crippen LogP contribution in [0.1, 0.15) is 27.7 Å². The standard InChI is InChI=1S/C20H29N3O5S/c1-7-27-17(24)14(13-22-19(25)28-20(2,3)4)12-21-18(29-6)23-15-8-10-16(26-5)11-9-15/h8-11,13H,7,12H2,1-6H3,(H,21,23)(H,22,25)/b14-13+. The van der Waals surface area contributed by atoms with E-state index >= 15 is 0 Å². The largest absolute Gasteiger partial charge is 0.497 e. The molecule has 2 N–H and O–H groups in total. The van der Waals surface area contributed by atoms with Gasteiger partial charge in [0, 0.05) is 11.9 Å².